The number of aromatic hydroxyl groups is 1. The van der Waals surface area contributed by atoms with Gasteiger partial charge in [0.15, 0.2) is 5.65 Å². The molecule has 4 aromatic heterocycles. The molecule has 4 N–H and O–H groups in total. The number of H-pyrrole nitrogens is 2. The van der Waals surface area contributed by atoms with Crippen molar-refractivity contribution in [2.24, 2.45) is 4.99 Å². The van der Waals surface area contributed by atoms with Gasteiger partial charge >= 0.3 is 5.69 Å². The van der Waals surface area contributed by atoms with E-state index in [-0.39, 0.29) is 17.6 Å². The van der Waals surface area contributed by atoms with E-state index >= 15 is 0 Å². The highest BCUT2D eigenvalue weighted by molar-refractivity contribution is 5.57. The molecule has 4 aromatic rings. The lowest BCUT2D eigenvalue weighted by Crippen LogP contribution is -2.24. The molecule has 0 aromatic carbocycles. The zero-order chi connectivity index (χ0) is 20.7. The lowest BCUT2D eigenvalue weighted by Gasteiger charge is -2.05. The number of imidazole rings is 1. The largest absolute Gasteiger partial charge is 0.493 e. The van der Waals surface area contributed by atoms with Crippen molar-refractivity contribution >= 4 is 17.7 Å². The molecule has 4 heterocycles. The van der Waals surface area contributed by atoms with E-state index in [1.807, 2.05) is 6.92 Å². The highest BCUT2D eigenvalue weighted by atomic mass is 16.3. The zero-order valence-corrected chi connectivity index (χ0v) is 16.0. The first kappa shape index (κ1) is 18.0. The number of nitrogens with one attached hydrogen (secondary N) is 3. The van der Waals surface area contributed by atoms with Crippen LogP contribution >= 0.6 is 0 Å². The van der Waals surface area contributed by atoms with E-state index in [0.717, 1.165) is 24.2 Å². The number of aromatic nitrogens is 8. The third-order valence-electron chi connectivity index (χ3n) is 4.52. The molecule has 0 bridgehead atoms. The predicted molar refractivity (Wildman–Crippen MR) is 105 cm³/mol. The summed E-state index contributed by atoms with van der Waals surface area (Å²) in [5.41, 5.74) is 2.25. The van der Waals surface area contributed by atoms with Crippen molar-refractivity contribution in [1.82, 2.24) is 39.5 Å². The van der Waals surface area contributed by atoms with Crippen LogP contribution in [-0.2, 0) is 6.54 Å². The minimum Gasteiger partial charge on any atom is -0.493 e. The molecule has 0 spiro atoms. The molecule has 0 aliphatic heterocycles. The molecule has 0 unspecified atom stereocenters. The summed E-state index contributed by atoms with van der Waals surface area (Å²) in [6.45, 7) is 2.27. The highest BCUT2D eigenvalue weighted by Gasteiger charge is 2.21. The van der Waals surface area contributed by atoms with Crippen molar-refractivity contribution in [2.45, 2.75) is 32.4 Å². The van der Waals surface area contributed by atoms with Crippen molar-refractivity contribution in [2.75, 3.05) is 5.32 Å². The standard InChI is InChI=1S/C18H18N10O2/c1-9-5-20-12(7-19-9)8-21-16-25-14-10(4-13-15(29)26-18(30)24-13)6-22-28(14)17(27-16)23-11-2-3-11/h4-7,11,29H,2-3,8H2,1H3,(H,21,23,27)(H2,24,26,30). The third kappa shape index (κ3) is 3.62. The first-order chi connectivity index (χ1) is 14.5. The molecule has 5 rings (SSSR count). The normalized spacial score (nSPS) is 15.2. The highest BCUT2D eigenvalue weighted by Crippen LogP contribution is 2.22. The quantitative estimate of drug-likeness (QED) is 0.334. The molecule has 0 radical (unpaired) electrons. The van der Waals surface area contributed by atoms with Crippen LogP contribution < -0.4 is 21.8 Å². The van der Waals surface area contributed by atoms with Gasteiger partial charge in [-0.25, -0.2) is 9.79 Å². The van der Waals surface area contributed by atoms with Crippen LogP contribution in [0.25, 0.3) is 11.7 Å². The zero-order valence-electron chi connectivity index (χ0n) is 16.0. The predicted octanol–water partition coefficient (Wildman–Crippen LogP) is -0.832. The van der Waals surface area contributed by atoms with Gasteiger partial charge in [0, 0.05) is 11.4 Å². The average Bonchev–Trinajstić information content (AvgIpc) is 3.36. The van der Waals surface area contributed by atoms with Crippen molar-refractivity contribution in [3.05, 3.63) is 57.0 Å². The van der Waals surface area contributed by atoms with Crippen LogP contribution in [0.3, 0.4) is 0 Å². The molecule has 0 amide bonds. The Kier molecular flexibility index (Phi) is 4.23. The molecule has 12 nitrogen and oxygen atoms in total. The molecule has 30 heavy (non-hydrogen) atoms. The topological polar surface area (TPSA) is 162 Å². The summed E-state index contributed by atoms with van der Waals surface area (Å²) in [5, 5.41) is 17.9. The van der Waals surface area contributed by atoms with Gasteiger partial charge in [-0.05, 0) is 25.8 Å². The fourth-order valence-corrected chi connectivity index (χ4v) is 2.84. The van der Waals surface area contributed by atoms with Crippen molar-refractivity contribution in [3.8, 4) is 5.88 Å². The molecule has 1 fully saturated rings. The van der Waals surface area contributed by atoms with Crippen molar-refractivity contribution in [3.63, 3.8) is 0 Å². The summed E-state index contributed by atoms with van der Waals surface area (Å²) in [7, 11) is 0. The minimum atomic E-state index is -0.504. The number of aryl methyl sites for hydroxylation is 1. The maximum Gasteiger partial charge on any atom is 0.326 e. The third-order valence-corrected chi connectivity index (χ3v) is 4.52. The molecule has 152 valence electrons. The van der Waals surface area contributed by atoms with Gasteiger partial charge in [-0.1, -0.05) is 0 Å². The van der Waals surface area contributed by atoms with E-state index in [1.165, 1.54) is 0 Å². The fraction of sp³-hybridized carbons (Fsp3) is 0.278. The Morgan fingerprint density at radius 1 is 1.27 bits per heavy atom. The maximum absolute atomic E-state index is 11.4. The van der Waals surface area contributed by atoms with Gasteiger partial charge in [-0.2, -0.15) is 19.6 Å². The fourth-order valence-electron chi connectivity index (χ4n) is 2.84. The Bertz CT molecular complexity index is 1400. The minimum absolute atomic E-state index is 0.235. The number of nitrogens with zero attached hydrogens (tertiary/aromatic N) is 7. The summed E-state index contributed by atoms with van der Waals surface area (Å²) in [4.78, 5) is 38.4. The van der Waals surface area contributed by atoms with Gasteiger partial charge in [-0.3, -0.25) is 15.0 Å². The van der Waals surface area contributed by atoms with E-state index in [1.54, 1.807) is 29.2 Å². The Morgan fingerprint density at radius 3 is 2.83 bits per heavy atom. The van der Waals surface area contributed by atoms with Crippen molar-refractivity contribution in [1.29, 1.82) is 0 Å². The summed E-state index contributed by atoms with van der Waals surface area (Å²) in [5.74, 6) is 0.110. The maximum atomic E-state index is 11.4. The van der Waals surface area contributed by atoms with Gasteiger partial charge in [0.2, 0.25) is 11.8 Å². The molecule has 0 saturated heterocycles. The second-order valence-corrected chi connectivity index (χ2v) is 7.03. The Hall–Kier alpha value is -4.09. The number of aromatic amines is 2. The van der Waals surface area contributed by atoms with Crippen LogP contribution in [0.5, 0.6) is 5.88 Å². The van der Waals surface area contributed by atoms with Gasteiger partial charge in [0.25, 0.3) is 5.62 Å². The number of hydrogen-bond acceptors (Lipinski definition) is 9. The van der Waals surface area contributed by atoms with Crippen LogP contribution in [0.4, 0.5) is 5.95 Å². The Balaban J connectivity index is 1.58. The number of hydrogen-bond donors (Lipinski definition) is 4. The van der Waals surface area contributed by atoms with Crippen LogP contribution in [0.15, 0.2) is 28.4 Å². The van der Waals surface area contributed by atoms with Crippen LogP contribution in [0.2, 0.25) is 0 Å². The Morgan fingerprint density at radius 2 is 2.13 bits per heavy atom. The first-order valence-electron chi connectivity index (χ1n) is 9.39. The van der Waals surface area contributed by atoms with Crippen LogP contribution in [-0.4, -0.2) is 50.7 Å². The Labute approximate surface area is 168 Å². The summed E-state index contributed by atoms with van der Waals surface area (Å²) in [6, 6.07) is 0.237. The molecular weight excluding hydrogens is 388 g/mol. The SMILES string of the molecule is Cc1cnc(CNc2nc(=NC3CC3)n3ncc(=Cc4[nH]c(=O)[nH]c4O)c3n2)cn1. The molecule has 0 atom stereocenters. The number of anilines is 1. The van der Waals surface area contributed by atoms with Crippen molar-refractivity contribution < 1.29 is 5.11 Å². The molecule has 1 aliphatic carbocycles. The van der Waals surface area contributed by atoms with E-state index in [4.69, 9.17) is 0 Å². The first-order valence-corrected chi connectivity index (χ1v) is 9.39. The van der Waals surface area contributed by atoms with Gasteiger partial charge in [0.05, 0.1) is 36.4 Å². The smallest absolute Gasteiger partial charge is 0.326 e. The van der Waals surface area contributed by atoms with Gasteiger partial charge < -0.3 is 15.4 Å². The lowest BCUT2D eigenvalue weighted by atomic mass is 10.3. The van der Waals surface area contributed by atoms with Gasteiger partial charge in [-0.15, -0.1) is 0 Å². The summed E-state index contributed by atoms with van der Waals surface area (Å²) < 4.78 is 1.54. The average molecular weight is 406 g/mol. The van der Waals surface area contributed by atoms with Gasteiger partial charge in [0.1, 0.15) is 5.69 Å². The number of rotatable bonds is 5. The monoisotopic (exact) mass is 406 g/mol. The molecular formula is C18H18N10O2. The van der Waals surface area contributed by atoms with Crippen LogP contribution in [0.1, 0.15) is 29.9 Å². The summed E-state index contributed by atoms with van der Waals surface area (Å²) in [6.07, 6.45) is 8.59. The molecule has 1 saturated carbocycles. The number of fused-ring (bicyclic) bond motifs is 1. The molecule has 12 heteroatoms. The van der Waals surface area contributed by atoms with E-state index < -0.39 is 5.69 Å². The van der Waals surface area contributed by atoms with Crippen LogP contribution in [0, 0.1) is 6.92 Å². The van der Waals surface area contributed by atoms with E-state index in [0.29, 0.717) is 29.0 Å². The second-order valence-electron chi connectivity index (χ2n) is 7.03. The van der Waals surface area contributed by atoms with E-state index in [9.17, 15) is 9.90 Å². The van der Waals surface area contributed by atoms with E-state index in [2.05, 4.69) is 45.3 Å². The molecule has 1 aliphatic rings. The lowest BCUT2D eigenvalue weighted by molar-refractivity contribution is 0.454. The second kappa shape index (κ2) is 7.06. The summed E-state index contributed by atoms with van der Waals surface area (Å²) >= 11 is 0.